The molecule has 0 saturated carbocycles. The molecule has 0 aliphatic carbocycles. The fraction of sp³-hybridized carbons (Fsp3) is 0.818. The number of aliphatic hydroxyl groups excluding tert-OH is 1. The van der Waals surface area contributed by atoms with Gasteiger partial charge in [-0.3, -0.25) is 14.3 Å². The molecule has 0 amide bonds. The fourth-order valence-electron chi connectivity index (χ4n) is 3.82. The molecule has 1 aromatic rings. The highest BCUT2D eigenvalue weighted by Crippen LogP contribution is 2.26. The second-order valence-electron chi connectivity index (χ2n) is 8.27. The minimum absolute atomic E-state index is 0.148. The molecule has 1 aliphatic heterocycles. The molecule has 0 aromatic carbocycles. The topological polar surface area (TPSA) is 120 Å². The van der Waals surface area contributed by atoms with E-state index in [0.717, 1.165) is 12.8 Å². The Hall–Kier alpha value is -1.48. The number of H-pyrrole nitrogens is 1. The number of nitrogens with zero attached hydrogens (tertiary/aromatic N) is 1. The van der Waals surface area contributed by atoms with E-state index in [1.807, 2.05) is 0 Å². The van der Waals surface area contributed by atoms with E-state index in [0.29, 0.717) is 18.6 Å². The molecule has 1 fully saturated rings. The molecule has 0 bridgehead atoms. The van der Waals surface area contributed by atoms with Crippen LogP contribution in [0.5, 0.6) is 0 Å². The van der Waals surface area contributed by atoms with Gasteiger partial charge in [0.2, 0.25) is 0 Å². The summed E-state index contributed by atoms with van der Waals surface area (Å²) in [5.74, 6) is 0. The highest BCUT2D eigenvalue weighted by atomic mass is 16.5. The number of hydrogen-bond acceptors (Lipinski definition) is 6. The number of aromatic nitrogens is 2. The Labute approximate surface area is 178 Å². The Morgan fingerprint density at radius 2 is 1.77 bits per heavy atom. The molecule has 8 heteroatoms. The van der Waals surface area contributed by atoms with Crippen LogP contribution in [-0.2, 0) is 16.1 Å². The molecule has 1 aromatic heterocycles. The quantitative estimate of drug-likeness (QED) is 0.372. The van der Waals surface area contributed by atoms with Crippen LogP contribution in [0.2, 0.25) is 0 Å². The van der Waals surface area contributed by atoms with Crippen molar-refractivity contribution < 1.29 is 14.6 Å². The zero-order valence-electron chi connectivity index (χ0n) is 18.3. The molecule has 3 atom stereocenters. The van der Waals surface area contributed by atoms with Gasteiger partial charge in [-0.05, 0) is 6.42 Å². The van der Waals surface area contributed by atoms with Gasteiger partial charge in [0.25, 0.3) is 5.56 Å². The van der Waals surface area contributed by atoms with Crippen LogP contribution < -0.4 is 17.0 Å². The van der Waals surface area contributed by atoms with Gasteiger partial charge in [0, 0.05) is 25.3 Å². The lowest BCUT2D eigenvalue weighted by Crippen LogP contribution is -2.34. The molecule has 0 radical (unpaired) electrons. The van der Waals surface area contributed by atoms with Crippen LogP contribution in [-0.4, -0.2) is 40.0 Å². The third kappa shape index (κ3) is 7.98. The van der Waals surface area contributed by atoms with E-state index in [9.17, 15) is 14.7 Å². The first-order valence-electron chi connectivity index (χ1n) is 11.5. The highest BCUT2D eigenvalue weighted by Gasteiger charge is 2.34. The van der Waals surface area contributed by atoms with Crippen LogP contribution in [0.25, 0.3) is 0 Å². The number of rotatable bonds is 15. The molecule has 8 nitrogen and oxygen atoms in total. The average Bonchev–Trinajstić information content (AvgIpc) is 3.10. The van der Waals surface area contributed by atoms with Gasteiger partial charge in [-0.1, -0.05) is 64.7 Å². The van der Waals surface area contributed by atoms with Crippen LogP contribution in [0.1, 0.15) is 89.3 Å². The van der Waals surface area contributed by atoms with Crippen molar-refractivity contribution in [2.24, 2.45) is 5.73 Å². The van der Waals surface area contributed by atoms with E-state index in [2.05, 4.69) is 11.9 Å². The van der Waals surface area contributed by atoms with Crippen LogP contribution in [0.3, 0.4) is 0 Å². The van der Waals surface area contributed by atoms with Gasteiger partial charge < -0.3 is 20.3 Å². The predicted molar refractivity (Wildman–Crippen MR) is 116 cm³/mol. The summed E-state index contributed by atoms with van der Waals surface area (Å²) in [5.41, 5.74) is 5.31. The van der Waals surface area contributed by atoms with E-state index in [1.165, 1.54) is 62.1 Å². The van der Waals surface area contributed by atoms with E-state index < -0.39 is 23.6 Å². The van der Waals surface area contributed by atoms with Gasteiger partial charge in [0.05, 0.1) is 24.9 Å². The van der Waals surface area contributed by atoms with Crippen molar-refractivity contribution in [3.8, 4) is 0 Å². The number of nitrogens with two attached hydrogens (primary N) is 1. The number of hydrogen-bond donors (Lipinski definition) is 3. The van der Waals surface area contributed by atoms with E-state index in [-0.39, 0.29) is 19.3 Å². The summed E-state index contributed by atoms with van der Waals surface area (Å²) in [6.45, 7) is 2.77. The first kappa shape index (κ1) is 24.8. The Morgan fingerprint density at radius 3 is 2.37 bits per heavy atom. The van der Waals surface area contributed by atoms with Crippen molar-refractivity contribution in [3.05, 3.63) is 32.6 Å². The molecule has 2 heterocycles. The van der Waals surface area contributed by atoms with Gasteiger partial charge in [0.15, 0.2) is 0 Å². The molecule has 4 N–H and O–H groups in total. The summed E-state index contributed by atoms with van der Waals surface area (Å²) in [4.78, 5) is 26.5. The lowest BCUT2D eigenvalue weighted by Gasteiger charge is -2.15. The summed E-state index contributed by atoms with van der Waals surface area (Å²) in [6.07, 6.45) is 13.4. The third-order valence-electron chi connectivity index (χ3n) is 5.71. The smallest absolute Gasteiger partial charge is 0.330 e. The van der Waals surface area contributed by atoms with E-state index in [1.54, 1.807) is 0 Å². The van der Waals surface area contributed by atoms with Crippen LogP contribution in [0.15, 0.2) is 15.8 Å². The Balaban J connectivity index is 1.67. The van der Waals surface area contributed by atoms with Crippen molar-refractivity contribution in [1.29, 1.82) is 0 Å². The van der Waals surface area contributed by atoms with Crippen molar-refractivity contribution in [3.63, 3.8) is 0 Å². The van der Waals surface area contributed by atoms with Crippen molar-refractivity contribution in [2.45, 2.75) is 103 Å². The minimum Gasteiger partial charge on any atom is -0.394 e. The Bertz CT molecular complexity index is 717. The molecule has 2 rings (SSSR count). The first-order valence-corrected chi connectivity index (χ1v) is 11.5. The van der Waals surface area contributed by atoms with Crippen LogP contribution in [0, 0.1) is 0 Å². The average molecular weight is 426 g/mol. The molecule has 0 spiro atoms. The maximum atomic E-state index is 12.1. The summed E-state index contributed by atoms with van der Waals surface area (Å²) in [6, 6.07) is -0.352. The predicted octanol–water partition coefficient (Wildman–Crippen LogP) is 2.58. The minimum atomic E-state index is -0.595. The monoisotopic (exact) mass is 425 g/mol. The van der Waals surface area contributed by atoms with Gasteiger partial charge in [-0.15, -0.1) is 0 Å². The molecular weight excluding hydrogens is 386 g/mol. The third-order valence-corrected chi connectivity index (χ3v) is 5.71. The number of unbranched alkanes of at least 4 members (excludes halogenated alkanes) is 9. The number of nitrogens with one attached hydrogen (secondary N) is 1. The zero-order valence-corrected chi connectivity index (χ0v) is 18.3. The van der Waals surface area contributed by atoms with Gasteiger partial charge >= 0.3 is 5.69 Å². The molecule has 172 valence electrons. The standard InChI is InChI=1S/C22H39N3O5/c1-2-3-4-5-6-7-8-9-10-11-12-29-16-17-14-25(22(28)24-21(17)27)20-13-18(23)19(15-26)30-20/h14,18-20,26H,2-13,15-16,23H2,1H3,(H,24,27,28)/t18-,19+,20+/m0/s1. The molecule has 30 heavy (non-hydrogen) atoms. The SMILES string of the molecule is CCCCCCCCCCCCOCc1cn([C@H]2C[C@H](N)[C@@H](CO)O2)c(=O)[nH]c1=O. The van der Waals surface area contributed by atoms with Gasteiger partial charge in [-0.2, -0.15) is 0 Å². The highest BCUT2D eigenvalue weighted by molar-refractivity contribution is 5.04. The number of ether oxygens (including phenoxy) is 2. The van der Waals surface area contributed by atoms with E-state index >= 15 is 0 Å². The van der Waals surface area contributed by atoms with Crippen molar-refractivity contribution >= 4 is 0 Å². The summed E-state index contributed by atoms with van der Waals surface area (Å²) in [5, 5.41) is 9.28. The molecule has 1 saturated heterocycles. The second kappa shape index (κ2) is 13.7. The summed E-state index contributed by atoms with van der Waals surface area (Å²) >= 11 is 0. The molecular formula is C22H39N3O5. The van der Waals surface area contributed by atoms with Crippen LogP contribution in [0.4, 0.5) is 0 Å². The van der Waals surface area contributed by atoms with Gasteiger partial charge in [-0.25, -0.2) is 4.79 Å². The zero-order chi connectivity index (χ0) is 21.8. The largest absolute Gasteiger partial charge is 0.394 e. The second-order valence-corrected chi connectivity index (χ2v) is 8.27. The van der Waals surface area contributed by atoms with Gasteiger partial charge in [0.1, 0.15) is 6.23 Å². The lowest BCUT2D eigenvalue weighted by molar-refractivity contribution is -0.0274. The molecule has 0 unspecified atom stereocenters. The maximum absolute atomic E-state index is 12.1. The Kier molecular flexibility index (Phi) is 11.4. The number of aliphatic hydroxyl groups is 1. The van der Waals surface area contributed by atoms with Crippen LogP contribution >= 0.6 is 0 Å². The molecule has 1 aliphatic rings. The van der Waals surface area contributed by atoms with E-state index in [4.69, 9.17) is 15.2 Å². The van der Waals surface area contributed by atoms with Crippen molar-refractivity contribution in [1.82, 2.24) is 9.55 Å². The summed E-state index contributed by atoms with van der Waals surface area (Å²) < 4.78 is 12.6. The lowest BCUT2D eigenvalue weighted by atomic mass is 10.1. The first-order chi connectivity index (χ1) is 14.6. The normalized spacial score (nSPS) is 21.4. The maximum Gasteiger partial charge on any atom is 0.330 e. The number of aromatic amines is 1. The van der Waals surface area contributed by atoms with Crippen molar-refractivity contribution in [2.75, 3.05) is 13.2 Å². The summed E-state index contributed by atoms with van der Waals surface area (Å²) in [7, 11) is 0. The Morgan fingerprint density at radius 1 is 1.13 bits per heavy atom. The fourth-order valence-corrected chi connectivity index (χ4v) is 3.82.